The molecular weight excluding hydrogens is 276 g/mol. The largest absolute Gasteiger partial charge is 0.481 e. The van der Waals surface area contributed by atoms with Gasteiger partial charge in [-0.15, -0.1) is 0 Å². The molecule has 0 radical (unpaired) electrons. The molecular formula is C15H18O6. The van der Waals surface area contributed by atoms with E-state index in [2.05, 4.69) is 0 Å². The first kappa shape index (κ1) is 16.7. The van der Waals surface area contributed by atoms with Crippen molar-refractivity contribution in [3.05, 3.63) is 35.4 Å². The molecule has 0 aromatic heterocycles. The van der Waals surface area contributed by atoms with E-state index < -0.39 is 36.2 Å². The van der Waals surface area contributed by atoms with Gasteiger partial charge >= 0.3 is 17.9 Å². The Labute approximate surface area is 122 Å². The number of rotatable bonds is 7. The van der Waals surface area contributed by atoms with Gasteiger partial charge in [0.2, 0.25) is 0 Å². The Bertz CT molecular complexity index is 518. The van der Waals surface area contributed by atoms with Gasteiger partial charge in [0.15, 0.2) is 5.92 Å². The van der Waals surface area contributed by atoms with Crippen LogP contribution in [0.3, 0.4) is 0 Å². The average molecular weight is 294 g/mol. The Morgan fingerprint density at radius 1 is 0.905 bits per heavy atom. The number of hydrogen-bond acceptors (Lipinski definition) is 3. The predicted molar refractivity (Wildman–Crippen MR) is 74.3 cm³/mol. The Morgan fingerprint density at radius 3 is 1.67 bits per heavy atom. The van der Waals surface area contributed by atoms with Gasteiger partial charge in [0, 0.05) is 5.92 Å². The maximum absolute atomic E-state index is 11.1. The molecule has 0 aliphatic rings. The van der Waals surface area contributed by atoms with E-state index in [0.717, 1.165) is 5.56 Å². The predicted octanol–water partition coefficient (Wildman–Crippen LogP) is 2.15. The lowest BCUT2D eigenvalue weighted by atomic mass is 9.83. The van der Waals surface area contributed by atoms with Crippen LogP contribution in [0.2, 0.25) is 0 Å². The summed E-state index contributed by atoms with van der Waals surface area (Å²) in [4.78, 5) is 33.2. The van der Waals surface area contributed by atoms with E-state index >= 15 is 0 Å². The average Bonchev–Trinajstić information content (AvgIpc) is 2.36. The molecule has 114 valence electrons. The quantitative estimate of drug-likeness (QED) is 0.664. The summed E-state index contributed by atoms with van der Waals surface area (Å²) >= 11 is 0. The van der Waals surface area contributed by atoms with Crippen LogP contribution in [0.25, 0.3) is 0 Å². The summed E-state index contributed by atoms with van der Waals surface area (Å²) in [6.07, 6.45) is -0.551. The van der Waals surface area contributed by atoms with Gasteiger partial charge in [-0.25, -0.2) is 0 Å². The molecule has 1 unspecified atom stereocenters. The van der Waals surface area contributed by atoms with Gasteiger partial charge in [-0.1, -0.05) is 38.1 Å². The van der Waals surface area contributed by atoms with Crippen molar-refractivity contribution in [3.8, 4) is 0 Å². The first-order valence-corrected chi connectivity index (χ1v) is 6.51. The van der Waals surface area contributed by atoms with Crippen molar-refractivity contribution in [2.24, 2.45) is 5.92 Å². The second-order valence-electron chi connectivity index (χ2n) is 5.18. The van der Waals surface area contributed by atoms with E-state index in [9.17, 15) is 14.4 Å². The zero-order valence-corrected chi connectivity index (χ0v) is 11.8. The molecule has 0 heterocycles. The number of carboxylic acid groups (broad SMARTS) is 3. The monoisotopic (exact) mass is 294 g/mol. The molecule has 1 atom stereocenters. The molecule has 21 heavy (non-hydrogen) atoms. The smallest absolute Gasteiger partial charge is 0.318 e. The zero-order valence-electron chi connectivity index (χ0n) is 11.8. The lowest BCUT2D eigenvalue weighted by Gasteiger charge is -2.20. The highest BCUT2D eigenvalue weighted by molar-refractivity contribution is 5.94. The van der Waals surface area contributed by atoms with Crippen molar-refractivity contribution in [3.63, 3.8) is 0 Å². The second kappa shape index (κ2) is 6.88. The fourth-order valence-corrected chi connectivity index (χ4v) is 2.19. The van der Waals surface area contributed by atoms with E-state index in [1.165, 1.54) is 0 Å². The number of carboxylic acids is 3. The van der Waals surface area contributed by atoms with Gasteiger partial charge in [0.25, 0.3) is 0 Å². The normalized spacial score (nSPS) is 12.4. The number of aliphatic carboxylic acids is 3. The van der Waals surface area contributed by atoms with Gasteiger partial charge in [-0.3, -0.25) is 14.4 Å². The molecule has 0 amide bonds. The lowest BCUT2D eigenvalue weighted by Crippen LogP contribution is -2.31. The van der Waals surface area contributed by atoms with Crippen molar-refractivity contribution in [2.45, 2.75) is 32.1 Å². The summed E-state index contributed by atoms with van der Waals surface area (Å²) in [5, 5.41) is 27.0. The molecule has 0 bridgehead atoms. The molecule has 1 aromatic carbocycles. The van der Waals surface area contributed by atoms with Gasteiger partial charge in [0.05, 0.1) is 6.42 Å². The summed E-state index contributed by atoms with van der Waals surface area (Å²) in [5.74, 6) is -6.94. The Balaban J connectivity index is 3.20. The minimum Gasteiger partial charge on any atom is -0.481 e. The van der Waals surface area contributed by atoms with Gasteiger partial charge in [-0.05, 0) is 17.0 Å². The second-order valence-corrected chi connectivity index (χ2v) is 5.18. The van der Waals surface area contributed by atoms with Crippen molar-refractivity contribution >= 4 is 17.9 Å². The third-order valence-electron chi connectivity index (χ3n) is 3.36. The first-order valence-electron chi connectivity index (χ1n) is 6.51. The Kier molecular flexibility index (Phi) is 5.46. The summed E-state index contributed by atoms with van der Waals surface area (Å²) in [5.41, 5.74) is 1.41. The van der Waals surface area contributed by atoms with Crippen LogP contribution < -0.4 is 0 Å². The van der Waals surface area contributed by atoms with Crippen molar-refractivity contribution in [1.82, 2.24) is 0 Å². The minimum absolute atomic E-state index is 0.270. The summed E-state index contributed by atoms with van der Waals surface area (Å²) in [6.45, 7) is 3.97. The lowest BCUT2D eigenvalue weighted by molar-refractivity contribution is -0.156. The highest BCUT2D eigenvalue weighted by atomic mass is 16.4. The van der Waals surface area contributed by atoms with E-state index in [4.69, 9.17) is 15.3 Å². The minimum atomic E-state index is -1.79. The van der Waals surface area contributed by atoms with Crippen molar-refractivity contribution in [2.75, 3.05) is 0 Å². The molecule has 0 spiro atoms. The number of benzene rings is 1. The highest BCUT2D eigenvalue weighted by Crippen LogP contribution is 2.30. The topological polar surface area (TPSA) is 112 Å². The molecule has 0 aliphatic carbocycles. The van der Waals surface area contributed by atoms with E-state index in [1.54, 1.807) is 24.3 Å². The molecule has 0 aliphatic heterocycles. The molecule has 1 rings (SSSR count). The third kappa shape index (κ3) is 4.30. The van der Waals surface area contributed by atoms with Crippen LogP contribution in [-0.4, -0.2) is 33.2 Å². The maximum Gasteiger partial charge on any atom is 0.318 e. The van der Waals surface area contributed by atoms with Crippen LogP contribution in [0.15, 0.2) is 24.3 Å². The molecule has 3 N–H and O–H groups in total. The van der Waals surface area contributed by atoms with Crippen LogP contribution in [0.4, 0.5) is 0 Å². The summed E-state index contributed by atoms with van der Waals surface area (Å²) in [7, 11) is 0. The number of hydrogen-bond donors (Lipinski definition) is 3. The van der Waals surface area contributed by atoms with Crippen LogP contribution in [-0.2, 0) is 14.4 Å². The number of carbonyl (C=O) groups is 3. The van der Waals surface area contributed by atoms with Crippen LogP contribution in [0, 0.1) is 5.92 Å². The van der Waals surface area contributed by atoms with E-state index in [1.807, 2.05) is 13.8 Å². The van der Waals surface area contributed by atoms with Crippen molar-refractivity contribution in [1.29, 1.82) is 0 Å². The van der Waals surface area contributed by atoms with Crippen LogP contribution in [0.5, 0.6) is 0 Å². The highest BCUT2D eigenvalue weighted by Gasteiger charge is 2.37. The molecule has 0 saturated heterocycles. The Morgan fingerprint density at radius 2 is 1.33 bits per heavy atom. The molecule has 6 nitrogen and oxygen atoms in total. The first-order chi connectivity index (χ1) is 9.73. The molecule has 0 fully saturated rings. The van der Waals surface area contributed by atoms with Gasteiger partial charge < -0.3 is 15.3 Å². The maximum atomic E-state index is 11.1. The van der Waals surface area contributed by atoms with Crippen LogP contribution >= 0.6 is 0 Å². The third-order valence-corrected chi connectivity index (χ3v) is 3.36. The molecule has 6 heteroatoms. The van der Waals surface area contributed by atoms with Gasteiger partial charge in [0.1, 0.15) is 0 Å². The van der Waals surface area contributed by atoms with Crippen molar-refractivity contribution < 1.29 is 29.7 Å². The summed E-state index contributed by atoms with van der Waals surface area (Å²) in [6, 6.07) is 6.72. The summed E-state index contributed by atoms with van der Waals surface area (Å²) < 4.78 is 0. The zero-order chi connectivity index (χ0) is 16.2. The fourth-order valence-electron chi connectivity index (χ4n) is 2.19. The molecule has 0 saturated carbocycles. The fraction of sp³-hybridized carbons (Fsp3) is 0.400. The van der Waals surface area contributed by atoms with Crippen LogP contribution in [0.1, 0.15) is 43.2 Å². The standard InChI is InChI=1S/C15H18O6/c1-8(2)9-3-5-10(6-4-9)11(7-12(16)17)13(14(18)19)15(20)21/h3-6,8,11,13H,7H2,1-2H3,(H,16,17)(H,18,19)(H,20,21). The van der Waals surface area contributed by atoms with E-state index in [0.29, 0.717) is 5.56 Å². The van der Waals surface area contributed by atoms with Gasteiger partial charge in [-0.2, -0.15) is 0 Å². The molecule has 1 aromatic rings. The Hall–Kier alpha value is -2.37. The SMILES string of the molecule is CC(C)c1ccc(C(CC(=O)O)C(C(=O)O)C(=O)O)cc1. The van der Waals surface area contributed by atoms with E-state index in [-0.39, 0.29) is 5.92 Å².